The molecule has 36 heavy (non-hydrogen) atoms. The number of fused-ring (bicyclic) bond motifs is 1. The predicted octanol–water partition coefficient (Wildman–Crippen LogP) is 3.93. The van der Waals surface area contributed by atoms with E-state index in [0.717, 1.165) is 48.6 Å². The molecule has 1 atom stereocenters. The molecule has 0 saturated carbocycles. The molecule has 3 aromatic rings. The number of para-hydroxylation sites is 1. The van der Waals surface area contributed by atoms with Gasteiger partial charge in [0.2, 0.25) is 5.91 Å². The number of nitrogens with zero attached hydrogens (tertiary/aromatic N) is 4. The van der Waals surface area contributed by atoms with Crippen molar-refractivity contribution in [1.29, 1.82) is 0 Å². The summed E-state index contributed by atoms with van der Waals surface area (Å²) in [6.07, 6.45) is 1.43. The van der Waals surface area contributed by atoms with Crippen molar-refractivity contribution in [2.24, 2.45) is 5.92 Å². The Balaban J connectivity index is 1.22. The average Bonchev–Trinajstić information content (AvgIpc) is 2.89. The van der Waals surface area contributed by atoms with Gasteiger partial charge in [-0.05, 0) is 63.2 Å². The van der Waals surface area contributed by atoms with E-state index in [1.165, 1.54) is 6.07 Å². The molecule has 2 aliphatic rings. The zero-order valence-electron chi connectivity index (χ0n) is 21.0. The number of hydrogen-bond acceptors (Lipinski definition) is 6. The number of hydrogen-bond donors (Lipinski definition) is 2. The monoisotopic (exact) mass is 491 g/mol. The van der Waals surface area contributed by atoms with E-state index in [4.69, 9.17) is 0 Å². The van der Waals surface area contributed by atoms with Crippen molar-refractivity contribution in [3.63, 3.8) is 0 Å². The minimum absolute atomic E-state index is 0.0138. The zero-order valence-corrected chi connectivity index (χ0v) is 21.0. The molecule has 1 amide bonds. The molecule has 2 N–H and O–H groups in total. The zero-order chi connectivity index (χ0) is 25.2. The van der Waals surface area contributed by atoms with Crippen molar-refractivity contribution in [3.8, 4) is 5.75 Å². The third-order valence-electron chi connectivity index (χ3n) is 7.53. The van der Waals surface area contributed by atoms with Gasteiger partial charge < -0.3 is 25.1 Å². The van der Waals surface area contributed by atoms with E-state index < -0.39 is 0 Å². The first-order valence-corrected chi connectivity index (χ1v) is 12.8. The summed E-state index contributed by atoms with van der Waals surface area (Å²) in [5.41, 5.74) is 2.42. The van der Waals surface area contributed by atoms with Gasteiger partial charge in [-0.15, -0.1) is 0 Å². The smallest absolute Gasteiger partial charge is 0.223 e. The summed E-state index contributed by atoms with van der Waals surface area (Å²) in [6.45, 7) is 7.05. The van der Waals surface area contributed by atoms with Gasteiger partial charge in [0.15, 0.2) is 0 Å². The highest BCUT2D eigenvalue weighted by atomic mass is 19.1. The Bertz CT molecular complexity index is 1240. The molecule has 2 aliphatic heterocycles. The number of aromatic nitrogens is 1. The Labute approximate surface area is 211 Å². The molecule has 8 heteroatoms. The molecule has 1 unspecified atom stereocenters. The van der Waals surface area contributed by atoms with Gasteiger partial charge in [-0.2, -0.15) is 0 Å². The molecule has 1 aromatic heterocycles. The highest BCUT2D eigenvalue weighted by Gasteiger charge is 2.28. The molecular weight excluding hydrogens is 457 g/mol. The minimum atomic E-state index is -0.286. The lowest BCUT2D eigenvalue weighted by molar-refractivity contribution is -0.126. The van der Waals surface area contributed by atoms with Gasteiger partial charge >= 0.3 is 0 Å². The van der Waals surface area contributed by atoms with E-state index in [0.29, 0.717) is 31.4 Å². The van der Waals surface area contributed by atoms with Gasteiger partial charge in [0.05, 0.1) is 6.04 Å². The van der Waals surface area contributed by atoms with Gasteiger partial charge in [-0.25, -0.2) is 9.37 Å². The Morgan fingerprint density at radius 1 is 1.03 bits per heavy atom. The maximum Gasteiger partial charge on any atom is 0.223 e. The maximum atomic E-state index is 14.2. The number of piperazine rings is 1. The van der Waals surface area contributed by atoms with Crippen molar-refractivity contribution < 1.29 is 14.3 Å². The molecule has 3 heterocycles. The lowest BCUT2D eigenvalue weighted by Crippen LogP contribution is -2.45. The fraction of sp³-hybridized carbons (Fsp3) is 0.429. The quantitative estimate of drug-likeness (QED) is 0.564. The number of phenols is 1. The topological polar surface area (TPSA) is 71.9 Å². The number of benzene rings is 2. The van der Waals surface area contributed by atoms with Gasteiger partial charge in [0.25, 0.3) is 0 Å². The first-order chi connectivity index (χ1) is 17.4. The van der Waals surface area contributed by atoms with Crippen molar-refractivity contribution in [3.05, 3.63) is 59.9 Å². The van der Waals surface area contributed by atoms with Crippen molar-refractivity contribution in [1.82, 2.24) is 15.2 Å². The van der Waals surface area contributed by atoms with E-state index in [1.807, 2.05) is 37.3 Å². The molecule has 5 rings (SSSR count). The minimum Gasteiger partial charge on any atom is -0.506 e. The van der Waals surface area contributed by atoms with Crippen molar-refractivity contribution in [2.45, 2.75) is 25.8 Å². The second-order valence-electron chi connectivity index (χ2n) is 10.0. The fourth-order valence-corrected chi connectivity index (χ4v) is 5.28. The van der Waals surface area contributed by atoms with Crippen molar-refractivity contribution in [2.75, 3.05) is 56.1 Å². The number of nitrogens with one attached hydrogen (secondary N) is 1. The number of anilines is 2. The van der Waals surface area contributed by atoms with Gasteiger partial charge in [-0.1, -0.05) is 12.1 Å². The van der Waals surface area contributed by atoms with Crippen LogP contribution in [-0.2, 0) is 4.79 Å². The number of rotatable bonds is 5. The molecule has 2 aromatic carbocycles. The Morgan fingerprint density at radius 3 is 2.53 bits per heavy atom. The summed E-state index contributed by atoms with van der Waals surface area (Å²) in [6, 6.07) is 13.9. The third-order valence-corrected chi connectivity index (χ3v) is 7.53. The van der Waals surface area contributed by atoms with Crippen molar-refractivity contribution >= 4 is 28.3 Å². The lowest BCUT2D eigenvalue weighted by atomic mass is 9.94. The van der Waals surface area contributed by atoms with Crippen LogP contribution in [0.5, 0.6) is 5.75 Å². The van der Waals surface area contributed by atoms with Crippen LogP contribution in [0.15, 0.2) is 48.5 Å². The summed E-state index contributed by atoms with van der Waals surface area (Å²) < 4.78 is 14.2. The number of piperidine rings is 1. The number of halogens is 1. The molecule has 2 fully saturated rings. The Hall–Kier alpha value is -3.39. The van der Waals surface area contributed by atoms with Crippen LogP contribution in [0.25, 0.3) is 10.9 Å². The average molecular weight is 492 g/mol. The van der Waals surface area contributed by atoms with E-state index in [2.05, 4.69) is 32.0 Å². The second-order valence-corrected chi connectivity index (χ2v) is 10.0. The van der Waals surface area contributed by atoms with Gasteiger partial charge in [0, 0.05) is 61.8 Å². The Kier molecular flexibility index (Phi) is 6.96. The van der Waals surface area contributed by atoms with E-state index in [9.17, 15) is 14.3 Å². The molecule has 7 nitrogen and oxygen atoms in total. The van der Waals surface area contributed by atoms with Crippen LogP contribution in [-0.4, -0.2) is 67.2 Å². The molecule has 0 bridgehead atoms. The first kappa shape index (κ1) is 24.3. The second kappa shape index (κ2) is 10.3. The maximum absolute atomic E-state index is 14.2. The van der Waals surface area contributed by atoms with E-state index in [1.54, 1.807) is 12.1 Å². The molecular formula is C28H34FN5O2. The number of carbonyl (C=O) groups is 1. The predicted molar refractivity (Wildman–Crippen MR) is 141 cm³/mol. The highest BCUT2D eigenvalue weighted by Crippen LogP contribution is 2.30. The lowest BCUT2D eigenvalue weighted by Gasteiger charge is -2.36. The van der Waals surface area contributed by atoms with Gasteiger partial charge in [0.1, 0.15) is 22.9 Å². The molecule has 0 spiro atoms. The number of aromatic hydroxyl groups is 1. The van der Waals surface area contributed by atoms with Crippen LogP contribution < -0.4 is 15.1 Å². The van der Waals surface area contributed by atoms with Crippen LogP contribution in [0.1, 0.15) is 31.4 Å². The van der Waals surface area contributed by atoms with Gasteiger partial charge in [-0.3, -0.25) is 4.79 Å². The van der Waals surface area contributed by atoms with Crippen LogP contribution in [0.4, 0.5) is 15.9 Å². The normalized spacial score (nSPS) is 18.4. The molecule has 0 radical (unpaired) electrons. The molecule has 190 valence electrons. The summed E-state index contributed by atoms with van der Waals surface area (Å²) in [5, 5.41) is 14.2. The third kappa shape index (κ3) is 5.09. The molecule has 2 saturated heterocycles. The number of carbonyl (C=O) groups excluding carboxylic acids is 1. The summed E-state index contributed by atoms with van der Waals surface area (Å²) >= 11 is 0. The number of likely N-dealkylation sites (N-methyl/N-ethyl adjacent to an activating group) is 1. The Morgan fingerprint density at radius 2 is 1.78 bits per heavy atom. The SMILES string of the molecule is CC(NC(=O)C1CCN(c2ccc3cccc(O)c3n2)CC1)c1cc(F)ccc1N1CCN(C)CC1. The summed E-state index contributed by atoms with van der Waals surface area (Å²) in [7, 11) is 2.11. The van der Waals surface area contributed by atoms with E-state index >= 15 is 0 Å². The first-order valence-electron chi connectivity index (χ1n) is 12.8. The van der Waals surface area contributed by atoms with E-state index in [-0.39, 0.29) is 29.4 Å². The van der Waals surface area contributed by atoms with Crippen LogP contribution in [0, 0.1) is 11.7 Å². The summed E-state index contributed by atoms with van der Waals surface area (Å²) in [5.74, 6) is 0.614. The number of pyridine rings is 1. The number of amides is 1. The van der Waals surface area contributed by atoms with Crippen LogP contribution in [0.2, 0.25) is 0 Å². The fourth-order valence-electron chi connectivity index (χ4n) is 5.28. The highest BCUT2D eigenvalue weighted by molar-refractivity contribution is 5.85. The van der Waals surface area contributed by atoms with Crippen LogP contribution in [0.3, 0.4) is 0 Å². The summed E-state index contributed by atoms with van der Waals surface area (Å²) in [4.78, 5) is 24.6. The van der Waals surface area contributed by atoms with Crippen LogP contribution >= 0.6 is 0 Å². The molecule has 0 aliphatic carbocycles. The number of phenolic OH excluding ortho intramolecular Hbond substituents is 1. The standard InChI is InChI=1S/C28H34FN5O2/c1-19(23-18-22(29)7-8-24(23)33-16-14-32(2)15-17-33)30-28(36)21-10-12-34(13-11-21)26-9-6-20-4-3-5-25(35)27(20)31-26/h3-9,18-19,21,35H,10-17H2,1-2H3,(H,30,36). The largest absolute Gasteiger partial charge is 0.506 e.